The highest BCUT2D eigenvalue weighted by molar-refractivity contribution is 5.94. The molecular formula is C24H36ClN5O4. The minimum atomic E-state index is -0.326. The largest absolute Gasteiger partial charge is 0.455 e. The summed E-state index contributed by atoms with van der Waals surface area (Å²) in [5.41, 5.74) is 7.47. The lowest BCUT2D eigenvalue weighted by Crippen LogP contribution is -2.48. The number of urea groups is 1. The van der Waals surface area contributed by atoms with E-state index >= 15 is 0 Å². The van der Waals surface area contributed by atoms with E-state index in [1.54, 1.807) is 14.1 Å². The van der Waals surface area contributed by atoms with E-state index in [-0.39, 0.29) is 54.7 Å². The van der Waals surface area contributed by atoms with Gasteiger partial charge in [0, 0.05) is 38.8 Å². The Balaban J connectivity index is 0.00000408. The highest BCUT2D eigenvalue weighted by Crippen LogP contribution is 2.29. The van der Waals surface area contributed by atoms with Crippen molar-refractivity contribution in [3.05, 3.63) is 35.4 Å². The number of hydrogen-bond donors (Lipinski definition) is 3. The zero-order valence-electron chi connectivity index (χ0n) is 19.9. The molecule has 2 fully saturated rings. The Morgan fingerprint density at radius 2 is 1.65 bits per heavy atom. The van der Waals surface area contributed by atoms with Crippen molar-refractivity contribution in [3.8, 4) is 0 Å². The molecule has 3 amide bonds. The van der Waals surface area contributed by atoms with Crippen LogP contribution in [0.3, 0.4) is 0 Å². The van der Waals surface area contributed by atoms with Gasteiger partial charge in [-0.15, -0.1) is 12.4 Å². The summed E-state index contributed by atoms with van der Waals surface area (Å²) in [5.74, 6) is -0.304. The average Bonchev–Trinajstić information content (AvgIpc) is 2.82. The molecule has 0 bridgehead atoms. The Morgan fingerprint density at radius 3 is 2.18 bits per heavy atom. The van der Waals surface area contributed by atoms with E-state index in [2.05, 4.69) is 5.32 Å². The lowest BCUT2D eigenvalue weighted by atomic mass is 9.86. The standard InChI is InChI=1S/C24H35N5O4.ClH/c1-28(2)21(30)15-33-23(31)19-7-9-20(10-8-19)27-24(32)29-13-11-17(12-14-29)16-3-5-18(6-4-16)22(25)26;/h3-6,17,19-20H,7-15H2,1-2H3,(H3,25,26)(H,27,32);1H. The fourth-order valence-corrected chi connectivity index (χ4v) is 4.47. The van der Waals surface area contributed by atoms with Crippen molar-refractivity contribution >= 4 is 36.2 Å². The quantitative estimate of drug-likeness (QED) is 0.318. The molecule has 0 spiro atoms. The van der Waals surface area contributed by atoms with Gasteiger partial charge < -0.3 is 25.6 Å². The number of nitrogens with zero attached hydrogens (tertiary/aromatic N) is 2. The van der Waals surface area contributed by atoms with Crippen molar-refractivity contribution in [2.45, 2.75) is 50.5 Å². The average molecular weight is 494 g/mol. The van der Waals surface area contributed by atoms with Crippen LogP contribution in [0, 0.1) is 11.3 Å². The van der Waals surface area contributed by atoms with Gasteiger partial charge in [0.25, 0.3) is 5.91 Å². The number of nitrogens with one attached hydrogen (secondary N) is 2. The first-order valence-electron chi connectivity index (χ1n) is 11.6. The van der Waals surface area contributed by atoms with E-state index in [9.17, 15) is 14.4 Å². The summed E-state index contributed by atoms with van der Waals surface area (Å²) in [6, 6.07) is 7.82. The van der Waals surface area contributed by atoms with Gasteiger partial charge in [0.2, 0.25) is 0 Å². The van der Waals surface area contributed by atoms with Crippen molar-refractivity contribution in [2.75, 3.05) is 33.8 Å². The van der Waals surface area contributed by atoms with E-state index in [1.165, 1.54) is 10.5 Å². The topological polar surface area (TPSA) is 129 Å². The zero-order valence-corrected chi connectivity index (χ0v) is 20.7. The van der Waals surface area contributed by atoms with Gasteiger partial charge in [-0.2, -0.15) is 0 Å². The zero-order chi connectivity index (χ0) is 24.0. The van der Waals surface area contributed by atoms with Crippen molar-refractivity contribution in [1.29, 1.82) is 5.41 Å². The van der Waals surface area contributed by atoms with Crippen LogP contribution < -0.4 is 11.1 Å². The number of likely N-dealkylation sites (tertiary alicyclic amines) is 1. The Labute approximate surface area is 207 Å². The van der Waals surface area contributed by atoms with Crippen LogP contribution in [0.5, 0.6) is 0 Å². The van der Waals surface area contributed by atoms with Gasteiger partial charge in [-0.25, -0.2) is 4.79 Å². The molecule has 10 heteroatoms. The van der Waals surface area contributed by atoms with E-state index in [0.29, 0.717) is 31.8 Å². The summed E-state index contributed by atoms with van der Waals surface area (Å²) < 4.78 is 5.14. The van der Waals surface area contributed by atoms with E-state index in [1.807, 2.05) is 29.2 Å². The molecule has 9 nitrogen and oxygen atoms in total. The first-order valence-corrected chi connectivity index (χ1v) is 11.6. The van der Waals surface area contributed by atoms with Crippen LogP contribution in [0.1, 0.15) is 55.6 Å². The van der Waals surface area contributed by atoms with Crippen LogP contribution in [0.15, 0.2) is 24.3 Å². The smallest absolute Gasteiger partial charge is 0.317 e. The van der Waals surface area contributed by atoms with Crippen molar-refractivity contribution in [2.24, 2.45) is 11.7 Å². The van der Waals surface area contributed by atoms with Crippen LogP contribution in [0.2, 0.25) is 0 Å². The number of hydrogen-bond acceptors (Lipinski definition) is 5. The number of ether oxygens (including phenoxy) is 1. The molecule has 1 aromatic carbocycles. The molecule has 1 saturated heterocycles. The second kappa shape index (κ2) is 12.6. The third-order valence-electron chi connectivity index (χ3n) is 6.70. The molecule has 1 saturated carbocycles. The summed E-state index contributed by atoms with van der Waals surface area (Å²) in [5, 5.41) is 10.6. The molecule has 1 aromatic rings. The molecule has 0 radical (unpaired) electrons. The SMILES string of the molecule is CN(C)C(=O)COC(=O)C1CCC(NC(=O)N2CCC(c3ccc(C(=N)N)cc3)CC2)CC1.Cl. The van der Waals surface area contributed by atoms with E-state index in [0.717, 1.165) is 31.2 Å². The third-order valence-corrected chi connectivity index (χ3v) is 6.70. The van der Waals surface area contributed by atoms with Crippen LogP contribution >= 0.6 is 12.4 Å². The number of nitrogen functional groups attached to an aromatic ring is 1. The molecule has 2 aliphatic rings. The maximum Gasteiger partial charge on any atom is 0.317 e. The van der Waals surface area contributed by atoms with Crippen LogP contribution in [0.4, 0.5) is 4.79 Å². The number of amides is 3. The lowest BCUT2D eigenvalue weighted by Gasteiger charge is -2.35. The van der Waals surface area contributed by atoms with Crippen LogP contribution in [0.25, 0.3) is 0 Å². The highest BCUT2D eigenvalue weighted by Gasteiger charge is 2.30. The number of benzene rings is 1. The molecule has 3 rings (SSSR count). The van der Waals surface area contributed by atoms with Crippen molar-refractivity contribution in [1.82, 2.24) is 15.1 Å². The number of nitrogens with two attached hydrogens (primary N) is 1. The van der Waals surface area contributed by atoms with Crippen LogP contribution in [-0.2, 0) is 14.3 Å². The molecule has 1 aliphatic carbocycles. The van der Waals surface area contributed by atoms with Gasteiger partial charge in [-0.1, -0.05) is 24.3 Å². The number of esters is 1. The van der Waals surface area contributed by atoms with Crippen molar-refractivity contribution < 1.29 is 19.1 Å². The predicted molar refractivity (Wildman–Crippen MR) is 132 cm³/mol. The van der Waals surface area contributed by atoms with E-state index in [4.69, 9.17) is 15.9 Å². The van der Waals surface area contributed by atoms with Gasteiger partial charge in [-0.05, 0) is 50.0 Å². The van der Waals surface area contributed by atoms with Crippen molar-refractivity contribution in [3.63, 3.8) is 0 Å². The minimum Gasteiger partial charge on any atom is -0.455 e. The molecule has 4 N–H and O–H groups in total. The Kier molecular flexibility index (Phi) is 10.2. The molecule has 0 aromatic heterocycles. The second-order valence-corrected chi connectivity index (χ2v) is 9.19. The molecular weight excluding hydrogens is 458 g/mol. The molecule has 1 aliphatic heterocycles. The second-order valence-electron chi connectivity index (χ2n) is 9.19. The van der Waals surface area contributed by atoms with Gasteiger partial charge in [0.1, 0.15) is 5.84 Å². The van der Waals surface area contributed by atoms with Gasteiger partial charge in [0.05, 0.1) is 5.92 Å². The normalized spacial score (nSPS) is 20.6. The lowest BCUT2D eigenvalue weighted by molar-refractivity contribution is -0.155. The fraction of sp³-hybridized carbons (Fsp3) is 0.583. The van der Waals surface area contributed by atoms with Gasteiger partial charge >= 0.3 is 12.0 Å². The minimum absolute atomic E-state index is 0. The summed E-state index contributed by atoms with van der Waals surface area (Å²) in [6.07, 6.45) is 4.56. The summed E-state index contributed by atoms with van der Waals surface area (Å²) in [6.45, 7) is 1.18. The van der Waals surface area contributed by atoms with E-state index < -0.39 is 0 Å². The molecule has 34 heavy (non-hydrogen) atoms. The maximum absolute atomic E-state index is 12.7. The summed E-state index contributed by atoms with van der Waals surface area (Å²) in [4.78, 5) is 39.8. The Morgan fingerprint density at radius 1 is 1.06 bits per heavy atom. The third kappa shape index (κ3) is 7.35. The summed E-state index contributed by atoms with van der Waals surface area (Å²) >= 11 is 0. The molecule has 0 atom stereocenters. The number of likely N-dealkylation sites (N-methyl/N-ethyl adjacent to an activating group) is 1. The molecule has 188 valence electrons. The first kappa shape index (κ1) is 27.4. The monoisotopic (exact) mass is 493 g/mol. The molecule has 0 unspecified atom stereocenters. The Bertz CT molecular complexity index is 861. The highest BCUT2D eigenvalue weighted by atomic mass is 35.5. The number of rotatable bonds is 6. The number of carbonyl (C=O) groups is 3. The number of amidine groups is 1. The maximum atomic E-state index is 12.7. The fourth-order valence-electron chi connectivity index (χ4n) is 4.47. The van der Waals surface area contributed by atoms with Gasteiger partial charge in [0.15, 0.2) is 6.61 Å². The Hall–Kier alpha value is -2.81. The molecule has 1 heterocycles. The first-order chi connectivity index (χ1) is 15.7. The van der Waals surface area contributed by atoms with Crippen LogP contribution in [-0.4, -0.2) is 73.4 Å². The van der Waals surface area contributed by atoms with Gasteiger partial charge in [-0.3, -0.25) is 15.0 Å². The number of halogens is 1. The number of carbonyl (C=O) groups excluding carboxylic acids is 3. The number of piperidine rings is 1. The summed E-state index contributed by atoms with van der Waals surface area (Å²) in [7, 11) is 3.25. The predicted octanol–water partition coefficient (Wildman–Crippen LogP) is 2.47.